The first kappa shape index (κ1) is 16.0. The molecule has 0 spiro atoms. The number of thioether (sulfide) groups is 1. The van der Waals surface area contributed by atoms with Crippen LogP contribution in [-0.4, -0.2) is 35.2 Å². The van der Waals surface area contributed by atoms with Gasteiger partial charge >= 0.3 is 12.0 Å². The van der Waals surface area contributed by atoms with Crippen LogP contribution in [0.4, 0.5) is 10.5 Å². The van der Waals surface area contributed by atoms with Crippen LogP contribution >= 0.6 is 23.4 Å². The van der Waals surface area contributed by atoms with Crippen molar-refractivity contribution in [2.45, 2.75) is 12.8 Å². The van der Waals surface area contributed by atoms with E-state index in [1.165, 1.54) is 18.2 Å². The molecule has 0 aromatic heterocycles. The zero-order valence-corrected chi connectivity index (χ0v) is 13.0. The minimum absolute atomic E-state index is 0.0824. The summed E-state index contributed by atoms with van der Waals surface area (Å²) in [5, 5.41) is 14.6. The molecule has 1 aromatic carbocycles. The average Bonchev–Trinajstić information content (AvgIpc) is 2.48. The number of aromatic carboxylic acids is 1. The summed E-state index contributed by atoms with van der Waals surface area (Å²) in [5.41, 5.74) is 0.382. The molecule has 5 nitrogen and oxygen atoms in total. The van der Waals surface area contributed by atoms with Gasteiger partial charge in [-0.15, -0.1) is 0 Å². The predicted molar refractivity (Wildman–Crippen MR) is 85.5 cm³/mol. The van der Waals surface area contributed by atoms with Crippen LogP contribution in [0.2, 0.25) is 5.02 Å². The van der Waals surface area contributed by atoms with Crippen LogP contribution in [0.3, 0.4) is 0 Å². The zero-order valence-electron chi connectivity index (χ0n) is 11.4. The first-order valence-electron chi connectivity index (χ1n) is 6.71. The summed E-state index contributed by atoms with van der Waals surface area (Å²) >= 11 is 7.90. The van der Waals surface area contributed by atoms with E-state index in [4.69, 9.17) is 16.7 Å². The number of carboxylic acid groups (broad SMARTS) is 1. The van der Waals surface area contributed by atoms with Crippen LogP contribution in [0.5, 0.6) is 0 Å². The molecular formula is C14H17ClN2O3S. The highest BCUT2D eigenvalue weighted by Crippen LogP contribution is 2.24. The second kappa shape index (κ2) is 7.56. The number of carbonyl (C=O) groups is 2. The topological polar surface area (TPSA) is 78.4 Å². The van der Waals surface area contributed by atoms with Gasteiger partial charge in [-0.2, -0.15) is 11.8 Å². The molecule has 0 radical (unpaired) electrons. The number of rotatable bonds is 4. The molecule has 0 aliphatic carbocycles. The lowest BCUT2D eigenvalue weighted by Crippen LogP contribution is -2.34. The van der Waals surface area contributed by atoms with Crippen molar-refractivity contribution in [1.82, 2.24) is 5.32 Å². The maximum absolute atomic E-state index is 11.9. The number of benzene rings is 1. The Balaban J connectivity index is 1.89. The molecule has 2 amide bonds. The van der Waals surface area contributed by atoms with E-state index in [1.807, 2.05) is 11.8 Å². The smallest absolute Gasteiger partial charge is 0.335 e. The standard InChI is InChI=1S/C14H17ClN2O3S/c15-11-2-1-10(13(18)19)7-12(11)17-14(20)16-8-9-3-5-21-6-4-9/h1-2,7,9H,3-6,8H2,(H,18,19)(H2,16,17,20). The van der Waals surface area contributed by atoms with Gasteiger partial charge in [0.05, 0.1) is 16.3 Å². The van der Waals surface area contributed by atoms with Gasteiger partial charge in [-0.3, -0.25) is 0 Å². The first-order chi connectivity index (χ1) is 10.1. The van der Waals surface area contributed by atoms with Gasteiger partial charge in [0.1, 0.15) is 0 Å². The Labute approximate surface area is 132 Å². The van der Waals surface area contributed by atoms with Gasteiger partial charge in [-0.05, 0) is 48.5 Å². The maximum Gasteiger partial charge on any atom is 0.335 e. The van der Waals surface area contributed by atoms with Crippen LogP contribution in [0.15, 0.2) is 18.2 Å². The number of halogens is 1. The van der Waals surface area contributed by atoms with Gasteiger partial charge in [0.2, 0.25) is 0 Å². The molecule has 3 N–H and O–H groups in total. The van der Waals surface area contributed by atoms with Gasteiger partial charge in [0.15, 0.2) is 0 Å². The number of nitrogens with one attached hydrogen (secondary N) is 2. The molecule has 0 atom stereocenters. The van der Waals surface area contributed by atoms with E-state index in [1.54, 1.807) is 0 Å². The molecular weight excluding hydrogens is 312 g/mol. The minimum atomic E-state index is -1.06. The molecule has 21 heavy (non-hydrogen) atoms. The summed E-state index contributed by atoms with van der Waals surface area (Å²) in [6.07, 6.45) is 2.22. The van der Waals surface area contributed by atoms with Crippen molar-refractivity contribution in [3.05, 3.63) is 28.8 Å². The van der Waals surface area contributed by atoms with Gasteiger partial charge in [0, 0.05) is 6.54 Å². The van der Waals surface area contributed by atoms with Crippen LogP contribution in [0, 0.1) is 5.92 Å². The number of amides is 2. The van der Waals surface area contributed by atoms with Crippen molar-refractivity contribution >= 4 is 41.1 Å². The maximum atomic E-state index is 11.9. The van der Waals surface area contributed by atoms with Crippen LogP contribution < -0.4 is 10.6 Å². The molecule has 7 heteroatoms. The Morgan fingerprint density at radius 2 is 2.05 bits per heavy atom. The second-order valence-corrected chi connectivity index (χ2v) is 6.52. The fraction of sp³-hybridized carbons (Fsp3) is 0.429. The third-order valence-corrected chi connectivity index (χ3v) is 4.73. The number of carbonyl (C=O) groups excluding carboxylic acids is 1. The summed E-state index contributed by atoms with van der Waals surface area (Å²) in [4.78, 5) is 22.8. The van der Waals surface area contributed by atoms with E-state index in [9.17, 15) is 9.59 Å². The van der Waals surface area contributed by atoms with E-state index >= 15 is 0 Å². The Morgan fingerprint density at radius 3 is 2.71 bits per heavy atom. The summed E-state index contributed by atoms with van der Waals surface area (Å²) in [5.74, 6) is 1.73. The van der Waals surface area contributed by atoms with Crippen LogP contribution in [-0.2, 0) is 0 Å². The van der Waals surface area contributed by atoms with E-state index in [0.29, 0.717) is 23.2 Å². The lowest BCUT2D eigenvalue weighted by molar-refractivity contribution is 0.0697. The molecule has 0 bridgehead atoms. The van der Waals surface area contributed by atoms with Crippen LogP contribution in [0.1, 0.15) is 23.2 Å². The quantitative estimate of drug-likeness (QED) is 0.792. The molecule has 0 unspecified atom stereocenters. The summed E-state index contributed by atoms with van der Waals surface area (Å²) < 4.78 is 0. The number of urea groups is 1. The van der Waals surface area contributed by atoms with Crippen molar-refractivity contribution in [2.75, 3.05) is 23.4 Å². The lowest BCUT2D eigenvalue weighted by Gasteiger charge is -2.21. The van der Waals surface area contributed by atoms with Crippen molar-refractivity contribution in [2.24, 2.45) is 5.92 Å². The Morgan fingerprint density at radius 1 is 1.33 bits per heavy atom. The molecule has 1 aromatic rings. The molecule has 1 aliphatic heterocycles. The fourth-order valence-electron chi connectivity index (χ4n) is 2.11. The number of carboxylic acids is 1. The van der Waals surface area contributed by atoms with E-state index < -0.39 is 5.97 Å². The highest BCUT2D eigenvalue weighted by molar-refractivity contribution is 7.99. The average molecular weight is 329 g/mol. The summed E-state index contributed by atoms with van der Waals surface area (Å²) in [6.45, 7) is 0.628. The molecule has 114 valence electrons. The summed E-state index contributed by atoms with van der Waals surface area (Å²) in [7, 11) is 0. The normalized spacial score (nSPS) is 15.5. The van der Waals surface area contributed by atoms with Crippen molar-refractivity contribution in [1.29, 1.82) is 0 Å². The Hall–Kier alpha value is -1.40. The van der Waals surface area contributed by atoms with Crippen molar-refractivity contribution in [3.8, 4) is 0 Å². The molecule has 1 saturated heterocycles. The van der Waals surface area contributed by atoms with E-state index in [0.717, 1.165) is 24.3 Å². The van der Waals surface area contributed by atoms with E-state index in [2.05, 4.69) is 10.6 Å². The Bertz CT molecular complexity index is 533. The molecule has 1 fully saturated rings. The van der Waals surface area contributed by atoms with Gasteiger partial charge in [-0.25, -0.2) is 9.59 Å². The molecule has 0 saturated carbocycles. The highest BCUT2D eigenvalue weighted by atomic mass is 35.5. The van der Waals surface area contributed by atoms with Gasteiger partial charge in [0.25, 0.3) is 0 Å². The SMILES string of the molecule is O=C(NCC1CCSCC1)Nc1cc(C(=O)O)ccc1Cl. The monoisotopic (exact) mass is 328 g/mol. The third kappa shape index (κ3) is 4.82. The largest absolute Gasteiger partial charge is 0.478 e. The van der Waals surface area contributed by atoms with Gasteiger partial charge in [-0.1, -0.05) is 11.6 Å². The second-order valence-electron chi connectivity index (χ2n) is 4.89. The van der Waals surface area contributed by atoms with Crippen molar-refractivity contribution in [3.63, 3.8) is 0 Å². The highest BCUT2D eigenvalue weighted by Gasteiger charge is 2.15. The number of hydrogen-bond donors (Lipinski definition) is 3. The third-order valence-electron chi connectivity index (χ3n) is 3.35. The van der Waals surface area contributed by atoms with Crippen LogP contribution in [0.25, 0.3) is 0 Å². The van der Waals surface area contributed by atoms with Crippen molar-refractivity contribution < 1.29 is 14.7 Å². The first-order valence-corrected chi connectivity index (χ1v) is 8.25. The predicted octanol–water partition coefficient (Wildman–Crippen LogP) is 3.30. The van der Waals surface area contributed by atoms with Gasteiger partial charge < -0.3 is 15.7 Å². The fourth-order valence-corrected chi connectivity index (χ4v) is 3.48. The van der Waals surface area contributed by atoms with E-state index in [-0.39, 0.29) is 11.6 Å². The summed E-state index contributed by atoms with van der Waals surface area (Å²) in [6, 6.07) is 3.84. The number of hydrogen-bond acceptors (Lipinski definition) is 3. The molecule has 2 rings (SSSR count). The lowest BCUT2D eigenvalue weighted by atomic mass is 10.0. The molecule has 1 aliphatic rings. The number of anilines is 1. The molecule has 1 heterocycles. The Kier molecular flexibility index (Phi) is 5.76. The zero-order chi connectivity index (χ0) is 15.2. The minimum Gasteiger partial charge on any atom is -0.478 e.